The summed E-state index contributed by atoms with van der Waals surface area (Å²) in [6, 6.07) is 4.85. The minimum absolute atomic E-state index is 0.0663. The van der Waals surface area contributed by atoms with Gasteiger partial charge in [0, 0.05) is 18.5 Å². The number of sulfonamides is 1. The monoisotopic (exact) mass is 384 g/mol. The fourth-order valence-electron chi connectivity index (χ4n) is 2.49. The average molecular weight is 384 g/mol. The zero-order chi connectivity index (χ0) is 17.9. The molecule has 1 aromatic carbocycles. The van der Waals surface area contributed by atoms with E-state index >= 15 is 0 Å². The highest BCUT2D eigenvalue weighted by Crippen LogP contribution is 2.25. The quantitative estimate of drug-likeness (QED) is 0.828. The Bertz CT molecular complexity index is 867. The molecule has 0 spiro atoms. The van der Waals surface area contributed by atoms with E-state index in [1.54, 1.807) is 10.3 Å². The Morgan fingerprint density at radius 2 is 2.16 bits per heavy atom. The third-order valence-electron chi connectivity index (χ3n) is 3.83. The van der Waals surface area contributed by atoms with Crippen LogP contribution in [-0.2, 0) is 26.0 Å². The lowest BCUT2D eigenvalue weighted by molar-refractivity contribution is -0.142. The number of benzene rings is 1. The van der Waals surface area contributed by atoms with Gasteiger partial charge in [0.2, 0.25) is 5.91 Å². The van der Waals surface area contributed by atoms with Gasteiger partial charge in [-0.15, -0.1) is 11.3 Å². The molecule has 0 bridgehead atoms. The maximum Gasteiger partial charge on any atom is 0.262 e. The third kappa shape index (κ3) is 4.36. The highest BCUT2D eigenvalue weighted by Gasteiger charge is 2.20. The Morgan fingerprint density at radius 1 is 1.32 bits per heavy atom. The molecule has 1 amide bonds. The Hall–Kier alpha value is -1.97. The van der Waals surface area contributed by atoms with Crippen LogP contribution in [0.1, 0.15) is 5.56 Å². The molecule has 3 rings (SSSR count). The van der Waals surface area contributed by atoms with Crippen molar-refractivity contribution < 1.29 is 22.3 Å². The van der Waals surface area contributed by atoms with Gasteiger partial charge in [-0.2, -0.15) is 0 Å². The molecule has 134 valence electrons. The van der Waals surface area contributed by atoms with Gasteiger partial charge in [-0.1, -0.05) is 6.07 Å². The molecule has 0 aliphatic carbocycles. The van der Waals surface area contributed by atoms with Crippen molar-refractivity contribution in [2.75, 3.05) is 31.0 Å². The maximum absolute atomic E-state index is 13.3. The van der Waals surface area contributed by atoms with E-state index in [0.717, 1.165) is 11.6 Å². The van der Waals surface area contributed by atoms with Crippen LogP contribution < -0.4 is 4.72 Å². The molecule has 0 atom stereocenters. The Morgan fingerprint density at radius 3 is 2.92 bits per heavy atom. The van der Waals surface area contributed by atoms with Crippen LogP contribution >= 0.6 is 11.3 Å². The van der Waals surface area contributed by atoms with Crippen molar-refractivity contribution in [3.63, 3.8) is 0 Å². The predicted octanol–water partition coefficient (Wildman–Crippen LogP) is 2.09. The number of hydrogen-bond acceptors (Lipinski definition) is 5. The maximum atomic E-state index is 13.3. The second-order valence-electron chi connectivity index (χ2n) is 5.56. The number of hydrogen-bond donors (Lipinski definition) is 1. The van der Waals surface area contributed by atoms with E-state index < -0.39 is 15.8 Å². The van der Waals surface area contributed by atoms with Gasteiger partial charge < -0.3 is 9.64 Å². The molecule has 1 saturated heterocycles. The van der Waals surface area contributed by atoms with E-state index in [-0.39, 0.29) is 17.4 Å². The van der Waals surface area contributed by atoms with E-state index in [1.807, 2.05) is 5.38 Å². The van der Waals surface area contributed by atoms with Crippen LogP contribution in [0.5, 0.6) is 0 Å². The van der Waals surface area contributed by atoms with Crippen molar-refractivity contribution in [2.45, 2.75) is 11.3 Å². The first-order valence-electron chi connectivity index (χ1n) is 7.65. The molecular formula is C16H17FN2O4S2. The number of carbonyl (C=O) groups is 1. The topological polar surface area (TPSA) is 75.7 Å². The molecule has 0 radical (unpaired) electrons. The number of rotatable bonds is 6. The number of thiophene rings is 1. The number of nitrogens with one attached hydrogen (secondary N) is 1. The van der Waals surface area contributed by atoms with Crippen LogP contribution in [0.2, 0.25) is 0 Å². The number of ether oxygens (including phenoxy) is 1. The van der Waals surface area contributed by atoms with Crippen LogP contribution in [0, 0.1) is 5.82 Å². The summed E-state index contributed by atoms with van der Waals surface area (Å²) >= 11 is 1.36. The van der Waals surface area contributed by atoms with E-state index in [9.17, 15) is 17.6 Å². The number of halogens is 1. The molecule has 6 nitrogen and oxygen atoms in total. The molecule has 0 unspecified atom stereocenters. The smallest absolute Gasteiger partial charge is 0.262 e. The van der Waals surface area contributed by atoms with E-state index in [0.29, 0.717) is 31.8 Å². The zero-order valence-corrected chi connectivity index (χ0v) is 14.9. The summed E-state index contributed by atoms with van der Waals surface area (Å²) in [4.78, 5) is 13.3. The van der Waals surface area contributed by atoms with E-state index in [1.165, 1.54) is 29.5 Å². The molecule has 25 heavy (non-hydrogen) atoms. The van der Waals surface area contributed by atoms with Crippen LogP contribution in [0.4, 0.5) is 10.1 Å². The lowest BCUT2D eigenvalue weighted by Gasteiger charge is -2.26. The van der Waals surface area contributed by atoms with Gasteiger partial charge in [0.05, 0.1) is 17.2 Å². The van der Waals surface area contributed by atoms with Gasteiger partial charge >= 0.3 is 0 Å². The standard InChI is InChI=1S/C16H17FN2O4S2/c17-13-2-1-3-14(8-13)25(21,22)18-15-11-24-10-12(15)4-5-19-6-7-23-9-16(19)20/h1-3,8,10-11,18H,4-7,9H2. The van der Waals surface area contributed by atoms with Crippen LogP contribution in [0.15, 0.2) is 39.9 Å². The number of amides is 1. The zero-order valence-electron chi connectivity index (χ0n) is 13.3. The van der Waals surface area contributed by atoms with Crippen molar-refractivity contribution in [3.8, 4) is 0 Å². The third-order valence-corrected chi connectivity index (χ3v) is 5.98. The van der Waals surface area contributed by atoms with Crippen molar-refractivity contribution in [3.05, 3.63) is 46.4 Å². The van der Waals surface area contributed by atoms with Gasteiger partial charge in [-0.25, -0.2) is 12.8 Å². The summed E-state index contributed by atoms with van der Waals surface area (Å²) in [5.74, 6) is -0.678. The largest absolute Gasteiger partial charge is 0.370 e. The molecule has 2 aromatic rings. The van der Waals surface area contributed by atoms with E-state index in [4.69, 9.17) is 4.74 Å². The van der Waals surface area contributed by atoms with E-state index in [2.05, 4.69) is 4.72 Å². The van der Waals surface area contributed by atoms with Crippen molar-refractivity contribution in [2.24, 2.45) is 0 Å². The minimum atomic E-state index is -3.87. The first-order valence-corrected chi connectivity index (χ1v) is 10.1. The van der Waals surface area contributed by atoms with Gasteiger partial charge in [0.1, 0.15) is 12.4 Å². The SMILES string of the molecule is O=C1COCCN1CCc1cscc1NS(=O)(=O)c1cccc(F)c1. The fraction of sp³-hybridized carbons (Fsp3) is 0.312. The average Bonchev–Trinajstić information content (AvgIpc) is 3.00. The highest BCUT2D eigenvalue weighted by atomic mass is 32.2. The molecule has 1 fully saturated rings. The van der Waals surface area contributed by atoms with Crippen molar-refractivity contribution in [1.82, 2.24) is 4.90 Å². The number of nitrogens with zero attached hydrogens (tertiary/aromatic N) is 1. The second kappa shape index (κ2) is 7.51. The van der Waals surface area contributed by atoms with Crippen LogP contribution in [-0.4, -0.2) is 45.5 Å². The van der Waals surface area contributed by atoms with Gasteiger partial charge in [0.25, 0.3) is 10.0 Å². The lowest BCUT2D eigenvalue weighted by Crippen LogP contribution is -2.42. The summed E-state index contributed by atoms with van der Waals surface area (Å²) in [5.41, 5.74) is 1.25. The summed E-state index contributed by atoms with van der Waals surface area (Å²) in [7, 11) is -3.87. The summed E-state index contributed by atoms with van der Waals surface area (Å²) in [5, 5.41) is 3.53. The summed E-state index contributed by atoms with van der Waals surface area (Å²) in [6.45, 7) is 1.62. The van der Waals surface area contributed by atoms with Crippen LogP contribution in [0.3, 0.4) is 0 Å². The van der Waals surface area contributed by atoms with Gasteiger partial charge in [-0.3, -0.25) is 9.52 Å². The number of carbonyl (C=O) groups excluding carboxylic acids is 1. The molecule has 0 saturated carbocycles. The van der Waals surface area contributed by atoms with Crippen molar-refractivity contribution in [1.29, 1.82) is 0 Å². The molecule has 9 heteroatoms. The fourth-order valence-corrected chi connectivity index (χ4v) is 4.51. The lowest BCUT2D eigenvalue weighted by atomic mass is 10.2. The number of morpholine rings is 1. The molecule has 2 heterocycles. The van der Waals surface area contributed by atoms with Gasteiger partial charge in [-0.05, 0) is 35.6 Å². The minimum Gasteiger partial charge on any atom is -0.370 e. The first kappa shape index (κ1) is 17.8. The summed E-state index contributed by atoms with van der Waals surface area (Å²) < 4.78 is 45.7. The predicted molar refractivity (Wildman–Crippen MR) is 92.6 cm³/mol. The number of anilines is 1. The Balaban J connectivity index is 1.70. The summed E-state index contributed by atoms with van der Waals surface area (Å²) in [6.07, 6.45) is 0.524. The molecule has 1 aliphatic heterocycles. The van der Waals surface area contributed by atoms with Gasteiger partial charge in [0.15, 0.2) is 0 Å². The Kier molecular flexibility index (Phi) is 5.36. The normalized spacial score (nSPS) is 15.4. The molecule has 1 N–H and O–H groups in total. The second-order valence-corrected chi connectivity index (χ2v) is 7.98. The highest BCUT2D eigenvalue weighted by molar-refractivity contribution is 7.92. The van der Waals surface area contributed by atoms with Crippen LogP contribution in [0.25, 0.3) is 0 Å². The first-order chi connectivity index (χ1) is 12.0. The molecular weight excluding hydrogens is 367 g/mol. The Labute approximate surface area is 149 Å². The van der Waals surface area contributed by atoms with Crippen molar-refractivity contribution >= 4 is 33.0 Å². The molecule has 1 aliphatic rings. The molecule has 1 aromatic heterocycles.